The molecule has 2 aliphatic heterocycles. The number of esters is 1. The molecule has 3 aliphatic rings. The van der Waals surface area contributed by atoms with E-state index in [1.165, 1.54) is 17.2 Å². The number of amides is 2. The summed E-state index contributed by atoms with van der Waals surface area (Å²) in [5.41, 5.74) is 1.59. The van der Waals surface area contributed by atoms with Crippen LogP contribution in [0.3, 0.4) is 0 Å². The van der Waals surface area contributed by atoms with Crippen LogP contribution in [0.1, 0.15) is 51.1 Å². The van der Waals surface area contributed by atoms with Gasteiger partial charge in [0.1, 0.15) is 5.82 Å². The van der Waals surface area contributed by atoms with Crippen molar-refractivity contribution in [1.82, 2.24) is 14.8 Å². The molecule has 188 valence electrons. The van der Waals surface area contributed by atoms with Crippen LogP contribution in [0.5, 0.6) is 0 Å². The Labute approximate surface area is 213 Å². The van der Waals surface area contributed by atoms with Crippen molar-refractivity contribution in [2.24, 2.45) is 0 Å². The summed E-state index contributed by atoms with van der Waals surface area (Å²) < 4.78 is 21.2. The quantitative estimate of drug-likeness (QED) is 0.509. The van der Waals surface area contributed by atoms with Gasteiger partial charge in [0.2, 0.25) is 5.91 Å². The van der Waals surface area contributed by atoms with Crippen molar-refractivity contribution in [1.29, 1.82) is 0 Å². The molecule has 7 nitrogen and oxygen atoms in total. The highest BCUT2D eigenvalue weighted by molar-refractivity contribution is 5.96. The number of carbonyl (C=O) groups excluding carboxylic acids is 3. The molecule has 0 unspecified atom stereocenters. The number of carbonyl (C=O) groups is 3. The number of aromatic nitrogens is 1. The zero-order chi connectivity index (χ0) is 25.9. The number of nitrogens with zero attached hydrogens (tertiary/aromatic N) is 3. The van der Waals surface area contributed by atoms with Crippen molar-refractivity contribution in [2.45, 2.75) is 30.3 Å². The smallest absolute Gasteiger partial charge is 0.339 e. The van der Waals surface area contributed by atoms with Crippen LogP contribution >= 0.6 is 0 Å². The van der Waals surface area contributed by atoms with Crippen molar-refractivity contribution < 1.29 is 23.5 Å². The zero-order valence-corrected chi connectivity index (χ0v) is 20.7. The van der Waals surface area contributed by atoms with E-state index in [1.807, 2.05) is 12.1 Å². The van der Waals surface area contributed by atoms with E-state index < -0.39 is 16.8 Å². The molecule has 0 radical (unpaired) electrons. The molecule has 1 atom stereocenters. The summed E-state index contributed by atoms with van der Waals surface area (Å²) in [5.74, 6) is -1.10. The Morgan fingerprint density at radius 2 is 1.81 bits per heavy atom. The number of ether oxygens (including phenoxy) is 1. The molecule has 6 rings (SSSR count). The zero-order valence-electron chi connectivity index (χ0n) is 20.7. The van der Waals surface area contributed by atoms with E-state index in [1.54, 1.807) is 55.4 Å². The number of benzene rings is 2. The van der Waals surface area contributed by atoms with Gasteiger partial charge in [0.05, 0.1) is 28.8 Å². The summed E-state index contributed by atoms with van der Waals surface area (Å²) >= 11 is 0. The number of likely N-dealkylation sites (tertiary alicyclic amines) is 1. The Balaban J connectivity index is 1.23. The van der Waals surface area contributed by atoms with Gasteiger partial charge in [0.15, 0.2) is 5.60 Å². The first kappa shape index (κ1) is 23.3. The monoisotopic (exact) mass is 499 g/mol. The SMILES string of the molecule is CN(C)C(=O)c1ccc(-c2ccc(C3(C(=O)N4CC[C@@]5(C4)OC(=O)c4ccccc45)CC3)c(F)c2)nc1. The standard InChI is InChI=1S/C29H26FN3O4/c1-32(2)25(34)19-8-10-24(31-16-19)18-7-9-22(23(30)15-18)28(11-12-28)27(36)33-14-13-29(17-33)21-6-4-3-5-20(21)26(35)37-29/h3-10,15-16H,11-14,17H2,1-2H3/t29-/m0/s1. The third-order valence-corrected chi connectivity index (χ3v) is 7.80. The maximum absolute atomic E-state index is 15.4. The normalized spacial score (nSPS) is 21.1. The molecule has 0 N–H and O–H groups in total. The van der Waals surface area contributed by atoms with Crippen LogP contribution in [-0.4, -0.2) is 59.8 Å². The molecule has 37 heavy (non-hydrogen) atoms. The Morgan fingerprint density at radius 1 is 1.03 bits per heavy atom. The summed E-state index contributed by atoms with van der Waals surface area (Å²) in [6, 6.07) is 15.5. The highest BCUT2D eigenvalue weighted by atomic mass is 19.1. The number of hydrogen-bond donors (Lipinski definition) is 0. The Morgan fingerprint density at radius 3 is 2.49 bits per heavy atom. The minimum atomic E-state index is -0.897. The predicted molar refractivity (Wildman–Crippen MR) is 133 cm³/mol. The van der Waals surface area contributed by atoms with Gasteiger partial charge in [0.25, 0.3) is 5.91 Å². The first-order valence-corrected chi connectivity index (χ1v) is 12.3. The second kappa shape index (κ2) is 8.23. The Hall–Kier alpha value is -4.07. The lowest BCUT2D eigenvalue weighted by Crippen LogP contribution is -2.40. The van der Waals surface area contributed by atoms with E-state index in [-0.39, 0.29) is 24.3 Å². The molecular weight excluding hydrogens is 473 g/mol. The van der Waals surface area contributed by atoms with Crippen LogP contribution in [0.15, 0.2) is 60.8 Å². The predicted octanol–water partition coefficient (Wildman–Crippen LogP) is 3.92. The van der Waals surface area contributed by atoms with E-state index in [0.717, 1.165) is 5.56 Å². The van der Waals surface area contributed by atoms with Gasteiger partial charge in [-0.15, -0.1) is 0 Å². The fourth-order valence-corrected chi connectivity index (χ4v) is 5.64. The second-order valence-electron chi connectivity index (χ2n) is 10.3. The van der Waals surface area contributed by atoms with Crippen LogP contribution in [0.4, 0.5) is 4.39 Å². The average Bonchev–Trinajstić information content (AvgIpc) is 3.52. The van der Waals surface area contributed by atoms with E-state index in [2.05, 4.69) is 4.98 Å². The van der Waals surface area contributed by atoms with Crippen molar-refractivity contribution >= 4 is 17.8 Å². The molecular formula is C29H26FN3O4. The average molecular weight is 500 g/mol. The summed E-state index contributed by atoms with van der Waals surface area (Å²) in [6.45, 7) is 0.724. The van der Waals surface area contributed by atoms with Gasteiger partial charge in [-0.1, -0.05) is 30.3 Å². The summed E-state index contributed by atoms with van der Waals surface area (Å²) in [7, 11) is 3.33. The number of rotatable bonds is 4. The molecule has 0 bridgehead atoms. The number of pyridine rings is 1. The van der Waals surface area contributed by atoms with Crippen molar-refractivity contribution in [3.05, 3.63) is 88.9 Å². The highest BCUT2D eigenvalue weighted by Crippen LogP contribution is 2.53. The first-order valence-electron chi connectivity index (χ1n) is 12.3. The van der Waals surface area contributed by atoms with Crippen molar-refractivity contribution in [2.75, 3.05) is 27.2 Å². The van der Waals surface area contributed by atoms with Gasteiger partial charge in [-0.3, -0.25) is 14.6 Å². The maximum atomic E-state index is 15.4. The van der Waals surface area contributed by atoms with E-state index >= 15 is 4.39 Å². The highest BCUT2D eigenvalue weighted by Gasteiger charge is 2.58. The van der Waals surface area contributed by atoms with Gasteiger partial charge in [-0.05, 0) is 37.1 Å². The molecule has 1 aromatic heterocycles. The fraction of sp³-hybridized carbons (Fsp3) is 0.310. The summed E-state index contributed by atoms with van der Waals surface area (Å²) in [5, 5.41) is 0. The van der Waals surface area contributed by atoms with E-state index in [4.69, 9.17) is 4.74 Å². The molecule has 2 amide bonds. The molecule has 2 aromatic carbocycles. The maximum Gasteiger partial charge on any atom is 0.339 e. The molecule has 1 aliphatic carbocycles. The molecule has 3 aromatic rings. The Bertz CT molecular complexity index is 1450. The number of hydrogen-bond acceptors (Lipinski definition) is 5. The minimum absolute atomic E-state index is 0.124. The van der Waals surface area contributed by atoms with Crippen molar-refractivity contribution in [3.63, 3.8) is 0 Å². The largest absolute Gasteiger partial charge is 0.449 e. The third-order valence-electron chi connectivity index (χ3n) is 7.80. The van der Waals surface area contributed by atoms with Crippen LogP contribution in [0.2, 0.25) is 0 Å². The summed E-state index contributed by atoms with van der Waals surface area (Å²) in [6.07, 6.45) is 3.15. The van der Waals surface area contributed by atoms with E-state index in [9.17, 15) is 14.4 Å². The molecule has 8 heteroatoms. The summed E-state index contributed by atoms with van der Waals surface area (Å²) in [4.78, 5) is 45.7. The molecule has 1 saturated heterocycles. The van der Waals surface area contributed by atoms with Gasteiger partial charge < -0.3 is 14.5 Å². The van der Waals surface area contributed by atoms with Crippen molar-refractivity contribution in [3.8, 4) is 11.3 Å². The topological polar surface area (TPSA) is 79.8 Å². The van der Waals surface area contributed by atoms with Crippen LogP contribution in [0, 0.1) is 5.82 Å². The molecule has 1 spiro atoms. The van der Waals surface area contributed by atoms with E-state index in [0.29, 0.717) is 53.8 Å². The first-order chi connectivity index (χ1) is 17.7. The lowest BCUT2D eigenvalue weighted by atomic mass is 9.91. The lowest BCUT2D eigenvalue weighted by molar-refractivity contribution is -0.134. The third kappa shape index (κ3) is 3.62. The van der Waals surface area contributed by atoms with Crippen LogP contribution in [0.25, 0.3) is 11.3 Å². The van der Waals surface area contributed by atoms with Crippen LogP contribution in [-0.2, 0) is 20.5 Å². The fourth-order valence-electron chi connectivity index (χ4n) is 5.64. The lowest BCUT2D eigenvalue weighted by Gasteiger charge is -2.27. The Kier molecular flexibility index (Phi) is 5.19. The van der Waals surface area contributed by atoms with Gasteiger partial charge in [0, 0.05) is 49.9 Å². The molecule has 3 heterocycles. The molecule has 2 fully saturated rings. The number of halogens is 1. The molecule has 1 saturated carbocycles. The minimum Gasteiger partial charge on any atom is -0.449 e. The number of fused-ring (bicyclic) bond motifs is 2. The van der Waals surface area contributed by atoms with Gasteiger partial charge in [-0.25, -0.2) is 9.18 Å². The van der Waals surface area contributed by atoms with Gasteiger partial charge in [-0.2, -0.15) is 0 Å². The second-order valence-corrected chi connectivity index (χ2v) is 10.3. The van der Waals surface area contributed by atoms with Crippen LogP contribution < -0.4 is 0 Å². The van der Waals surface area contributed by atoms with Gasteiger partial charge >= 0.3 is 5.97 Å².